The molecule has 0 aliphatic carbocycles. The largest absolute Gasteiger partial charge is 0.481 e. The third-order valence-electron chi connectivity index (χ3n) is 4.08. The summed E-state index contributed by atoms with van der Waals surface area (Å²) < 4.78 is 5.37. The van der Waals surface area contributed by atoms with Crippen LogP contribution in [0.1, 0.15) is 34.1 Å². The van der Waals surface area contributed by atoms with Gasteiger partial charge in [0.05, 0.1) is 12.0 Å². The second-order valence-corrected chi connectivity index (χ2v) is 8.40. The predicted octanol–water partition coefficient (Wildman–Crippen LogP) is 1.89. The van der Waals surface area contributed by atoms with Gasteiger partial charge in [-0.15, -0.1) is 0 Å². The van der Waals surface area contributed by atoms with Gasteiger partial charge in [0, 0.05) is 37.2 Å². The van der Waals surface area contributed by atoms with Crippen LogP contribution in [0, 0.1) is 0 Å². The Bertz CT molecular complexity index is 443. The van der Waals surface area contributed by atoms with Crippen molar-refractivity contribution in [2.75, 3.05) is 31.1 Å². The molecule has 6 nitrogen and oxygen atoms in total. The molecule has 0 saturated carbocycles. The van der Waals surface area contributed by atoms with E-state index in [1.54, 1.807) is 4.90 Å². The van der Waals surface area contributed by atoms with Crippen molar-refractivity contribution in [1.82, 2.24) is 9.80 Å². The lowest BCUT2D eigenvalue weighted by Crippen LogP contribution is -2.74. The molecular formula is C15H26N2O4S. The van der Waals surface area contributed by atoms with Gasteiger partial charge in [0.15, 0.2) is 0 Å². The molecule has 126 valence electrons. The molecule has 2 heterocycles. The van der Waals surface area contributed by atoms with E-state index in [0.717, 1.165) is 18.1 Å². The molecule has 2 aliphatic rings. The standard InChI is InChI=1S/C15H26N2O4S/c1-11-8-22-6-5-17(11)15(7-12(18)19)9-16(10-15)13(20)21-14(2,3)4/h11H,5-10H2,1-4H3,(H,18,19). The summed E-state index contributed by atoms with van der Waals surface area (Å²) in [6.07, 6.45) is -0.283. The smallest absolute Gasteiger partial charge is 0.410 e. The third kappa shape index (κ3) is 3.87. The fourth-order valence-corrected chi connectivity index (χ4v) is 4.24. The van der Waals surface area contributed by atoms with Gasteiger partial charge in [0.1, 0.15) is 5.60 Å². The van der Waals surface area contributed by atoms with Crippen LogP contribution < -0.4 is 0 Å². The zero-order valence-corrected chi connectivity index (χ0v) is 14.6. The van der Waals surface area contributed by atoms with Crippen molar-refractivity contribution in [3.8, 4) is 0 Å². The zero-order valence-electron chi connectivity index (χ0n) is 13.8. The van der Waals surface area contributed by atoms with Gasteiger partial charge in [-0.25, -0.2) is 4.79 Å². The molecule has 2 rings (SSSR count). The van der Waals surface area contributed by atoms with Crippen LogP contribution in [0.4, 0.5) is 4.79 Å². The van der Waals surface area contributed by atoms with Gasteiger partial charge in [-0.2, -0.15) is 11.8 Å². The SMILES string of the molecule is CC1CSCCN1C1(CC(=O)O)CN(C(=O)OC(C)(C)C)C1. The quantitative estimate of drug-likeness (QED) is 0.852. The van der Waals surface area contributed by atoms with Crippen LogP contribution in [-0.2, 0) is 9.53 Å². The van der Waals surface area contributed by atoms with Gasteiger partial charge in [-0.1, -0.05) is 0 Å². The monoisotopic (exact) mass is 330 g/mol. The number of ether oxygens (including phenoxy) is 1. The van der Waals surface area contributed by atoms with Crippen molar-refractivity contribution in [2.24, 2.45) is 0 Å². The van der Waals surface area contributed by atoms with Crippen molar-refractivity contribution in [1.29, 1.82) is 0 Å². The van der Waals surface area contributed by atoms with Gasteiger partial charge in [0.2, 0.25) is 0 Å². The molecule has 7 heteroatoms. The van der Waals surface area contributed by atoms with E-state index >= 15 is 0 Å². The molecule has 22 heavy (non-hydrogen) atoms. The highest BCUT2D eigenvalue weighted by atomic mass is 32.2. The van der Waals surface area contributed by atoms with E-state index in [9.17, 15) is 14.7 Å². The number of carbonyl (C=O) groups excluding carboxylic acids is 1. The van der Waals surface area contributed by atoms with E-state index in [4.69, 9.17) is 4.74 Å². The minimum absolute atomic E-state index is 0.0707. The van der Waals surface area contributed by atoms with Crippen molar-refractivity contribution in [2.45, 2.75) is 51.3 Å². The molecule has 2 saturated heterocycles. The van der Waals surface area contributed by atoms with E-state index in [0.29, 0.717) is 19.1 Å². The lowest BCUT2D eigenvalue weighted by molar-refractivity contribution is -0.147. The van der Waals surface area contributed by atoms with Crippen molar-refractivity contribution >= 4 is 23.8 Å². The van der Waals surface area contributed by atoms with Gasteiger partial charge >= 0.3 is 12.1 Å². The lowest BCUT2D eigenvalue weighted by atomic mass is 9.83. The number of thioether (sulfide) groups is 1. The lowest BCUT2D eigenvalue weighted by Gasteiger charge is -2.57. The summed E-state index contributed by atoms with van der Waals surface area (Å²) in [6.45, 7) is 9.37. The Hall–Kier alpha value is -0.950. The molecule has 1 unspecified atom stereocenters. The van der Waals surface area contributed by atoms with Crippen LogP contribution in [0.5, 0.6) is 0 Å². The summed E-state index contributed by atoms with van der Waals surface area (Å²) in [6, 6.07) is 0.332. The van der Waals surface area contributed by atoms with Crippen LogP contribution in [0.2, 0.25) is 0 Å². The van der Waals surface area contributed by atoms with E-state index in [-0.39, 0.29) is 12.5 Å². The van der Waals surface area contributed by atoms with Gasteiger partial charge in [0.25, 0.3) is 0 Å². The average molecular weight is 330 g/mol. The molecule has 0 aromatic heterocycles. The highest BCUT2D eigenvalue weighted by molar-refractivity contribution is 7.99. The molecule has 0 aromatic rings. The summed E-state index contributed by atoms with van der Waals surface area (Å²) in [4.78, 5) is 27.3. The van der Waals surface area contributed by atoms with E-state index in [1.807, 2.05) is 32.5 Å². The Morgan fingerprint density at radius 2 is 2.00 bits per heavy atom. The number of carboxylic acids is 1. The first-order valence-corrected chi connectivity index (χ1v) is 8.83. The summed E-state index contributed by atoms with van der Waals surface area (Å²) in [7, 11) is 0. The van der Waals surface area contributed by atoms with Crippen molar-refractivity contribution in [3.63, 3.8) is 0 Å². The zero-order chi connectivity index (χ0) is 16.5. The van der Waals surface area contributed by atoms with Crippen molar-refractivity contribution in [3.05, 3.63) is 0 Å². The highest BCUT2D eigenvalue weighted by Gasteiger charge is 2.53. The third-order valence-corrected chi connectivity index (χ3v) is 5.27. The van der Waals surface area contributed by atoms with E-state index in [1.165, 1.54) is 0 Å². The maximum absolute atomic E-state index is 12.1. The van der Waals surface area contributed by atoms with Gasteiger partial charge in [-0.3, -0.25) is 9.69 Å². The van der Waals surface area contributed by atoms with E-state index < -0.39 is 17.1 Å². The number of aliphatic carboxylic acids is 1. The van der Waals surface area contributed by atoms with Gasteiger partial charge in [-0.05, 0) is 27.7 Å². The first-order chi connectivity index (χ1) is 10.1. The fourth-order valence-electron chi connectivity index (χ4n) is 3.23. The second kappa shape index (κ2) is 6.28. The first-order valence-electron chi connectivity index (χ1n) is 7.67. The number of hydrogen-bond donors (Lipinski definition) is 1. The Labute approximate surface area is 136 Å². The molecule has 0 bridgehead atoms. The van der Waals surface area contributed by atoms with Crippen LogP contribution in [0.3, 0.4) is 0 Å². The molecule has 0 spiro atoms. The predicted molar refractivity (Wildman–Crippen MR) is 86.3 cm³/mol. The number of likely N-dealkylation sites (tertiary alicyclic amines) is 1. The number of amides is 1. The second-order valence-electron chi connectivity index (χ2n) is 7.25. The first kappa shape index (κ1) is 17.4. The summed E-state index contributed by atoms with van der Waals surface area (Å²) in [5.41, 5.74) is -0.972. The molecule has 0 aromatic carbocycles. The normalized spacial score (nSPS) is 25.5. The number of carbonyl (C=O) groups is 2. The van der Waals surface area contributed by atoms with Gasteiger partial charge < -0.3 is 14.7 Å². The molecule has 2 fully saturated rings. The summed E-state index contributed by atoms with van der Waals surface area (Å²) in [5, 5.41) is 9.28. The minimum Gasteiger partial charge on any atom is -0.481 e. The van der Waals surface area contributed by atoms with Crippen LogP contribution >= 0.6 is 11.8 Å². The topological polar surface area (TPSA) is 70.1 Å². The summed E-state index contributed by atoms with van der Waals surface area (Å²) in [5.74, 6) is 1.21. The Morgan fingerprint density at radius 3 is 2.50 bits per heavy atom. The van der Waals surface area contributed by atoms with Crippen LogP contribution in [-0.4, -0.2) is 75.3 Å². The highest BCUT2D eigenvalue weighted by Crippen LogP contribution is 2.36. The van der Waals surface area contributed by atoms with Crippen molar-refractivity contribution < 1.29 is 19.4 Å². The molecule has 2 aliphatic heterocycles. The number of hydrogen-bond acceptors (Lipinski definition) is 5. The molecular weight excluding hydrogens is 304 g/mol. The maximum Gasteiger partial charge on any atom is 0.410 e. The fraction of sp³-hybridized carbons (Fsp3) is 0.867. The average Bonchev–Trinajstić information content (AvgIpc) is 2.31. The molecule has 1 amide bonds. The number of nitrogens with zero attached hydrogens (tertiary/aromatic N) is 2. The number of rotatable bonds is 3. The van der Waals surface area contributed by atoms with Crippen LogP contribution in [0.25, 0.3) is 0 Å². The summed E-state index contributed by atoms with van der Waals surface area (Å²) >= 11 is 1.90. The Morgan fingerprint density at radius 1 is 1.36 bits per heavy atom. The minimum atomic E-state index is -0.811. The van der Waals surface area contributed by atoms with Crippen LogP contribution in [0.15, 0.2) is 0 Å². The Kier molecular flexibility index (Phi) is 4.96. The van der Waals surface area contributed by atoms with E-state index in [2.05, 4.69) is 11.8 Å². The number of carboxylic acid groups (broad SMARTS) is 1. The Balaban J connectivity index is 2.05. The molecule has 1 N–H and O–H groups in total. The molecule has 0 radical (unpaired) electrons. The molecule has 1 atom stereocenters. The maximum atomic E-state index is 12.1.